The summed E-state index contributed by atoms with van der Waals surface area (Å²) in [5.41, 5.74) is 2.01. The molecule has 0 aliphatic rings. The lowest BCUT2D eigenvalue weighted by atomic mass is 10.0. The quantitative estimate of drug-likeness (QED) is 0.748. The van der Waals surface area contributed by atoms with E-state index in [0.717, 1.165) is 28.4 Å². The van der Waals surface area contributed by atoms with E-state index in [9.17, 15) is 4.79 Å². The van der Waals surface area contributed by atoms with Crippen LogP contribution in [0.15, 0.2) is 42.5 Å². The maximum absolute atomic E-state index is 12.2. The molecule has 2 rings (SSSR count). The lowest BCUT2D eigenvalue weighted by Gasteiger charge is -2.10. The molecule has 2 aromatic rings. The second-order valence-corrected chi connectivity index (χ2v) is 5.24. The topological polar surface area (TPSA) is 44.8 Å². The predicted octanol–water partition coefficient (Wildman–Crippen LogP) is 3.46. The molecule has 0 saturated heterocycles. The van der Waals surface area contributed by atoms with Crippen LogP contribution in [0.25, 0.3) is 0 Å². The van der Waals surface area contributed by atoms with Crippen LogP contribution >= 0.6 is 0 Å². The highest BCUT2D eigenvalue weighted by atomic mass is 16.5. The number of hydrogen-bond acceptors (Lipinski definition) is 4. The minimum atomic E-state index is 0.202. The van der Waals surface area contributed by atoms with Crippen molar-refractivity contribution in [2.45, 2.75) is 19.3 Å². The molecule has 4 nitrogen and oxygen atoms in total. The Bertz CT molecular complexity index is 647. The number of Topliss-reactive ketones (excluding diaryl/α,β-unsaturated/α-hetero) is 1. The van der Waals surface area contributed by atoms with E-state index in [-0.39, 0.29) is 5.78 Å². The van der Waals surface area contributed by atoms with Gasteiger partial charge >= 0.3 is 0 Å². The van der Waals surface area contributed by atoms with Crippen molar-refractivity contribution in [1.29, 1.82) is 0 Å². The molecule has 0 atom stereocenters. The van der Waals surface area contributed by atoms with Crippen LogP contribution in [0, 0.1) is 0 Å². The monoisotopic (exact) mass is 314 g/mol. The number of aryl methyl sites for hydroxylation is 1. The van der Waals surface area contributed by atoms with Crippen molar-refractivity contribution in [1.82, 2.24) is 0 Å². The predicted molar refractivity (Wildman–Crippen MR) is 89.6 cm³/mol. The third-order valence-corrected chi connectivity index (χ3v) is 3.73. The van der Waals surface area contributed by atoms with Gasteiger partial charge in [0.2, 0.25) is 0 Å². The van der Waals surface area contributed by atoms with E-state index < -0.39 is 0 Å². The Morgan fingerprint density at radius 2 is 1.52 bits per heavy atom. The summed E-state index contributed by atoms with van der Waals surface area (Å²) in [6.07, 6.45) is 1.57. The largest absolute Gasteiger partial charge is 0.497 e. The van der Waals surface area contributed by atoms with E-state index in [1.54, 1.807) is 21.3 Å². The zero-order valence-electron chi connectivity index (χ0n) is 13.8. The number of benzene rings is 2. The molecule has 0 unspecified atom stereocenters. The molecule has 122 valence electrons. The molecule has 0 aliphatic heterocycles. The van der Waals surface area contributed by atoms with Crippen molar-refractivity contribution in [2.24, 2.45) is 0 Å². The van der Waals surface area contributed by atoms with Gasteiger partial charge in [-0.2, -0.15) is 0 Å². The number of ether oxygens (including phenoxy) is 3. The van der Waals surface area contributed by atoms with Crippen LogP contribution in [0.3, 0.4) is 0 Å². The van der Waals surface area contributed by atoms with E-state index in [0.29, 0.717) is 19.3 Å². The third-order valence-electron chi connectivity index (χ3n) is 3.73. The fourth-order valence-electron chi connectivity index (χ4n) is 2.39. The van der Waals surface area contributed by atoms with E-state index in [4.69, 9.17) is 14.2 Å². The van der Waals surface area contributed by atoms with Crippen LogP contribution in [0.1, 0.15) is 17.5 Å². The first-order valence-corrected chi connectivity index (χ1v) is 7.51. The second kappa shape index (κ2) is 8.22. The van der Waals surface area contributed by atoms with Crippen LogP contribution < -0.4 is 14.2 Å². The average Bonchev–Trinajstić information content (AvgIpc) is 2.60. The highest BCUT2D eigenvalue weighted by Crippen LogP contribution is 2.25. The van der Waals surface area contributed by atoms with Gasteiger partial charge in [0, 0.05) is 18.9 Å². The van der Waals surface area contributed by atoms with Gasteiger partial charge < -0.3 is 14.2 Å². The Hall–Kier alpha value is -2.49. The maximum atomic E-state index is 12.2. The van der Waals surface area contributed by atoms with Crippen LogP contribution in [-0.4, -0.2) is 27.1 Å². The first kappa shape index (κ1) is 16.9. The van der Waals surface area contributed by atoms with Gasteiger partial charge in [0.25, 0.3) is 0 Å². The summed E-state index contributed by atoms with van der Waals surface area (Å²) in [4.78, 5) is 12.2. The lowest BCUT2D eigenvalue weighted by molar-refractivity contribution is -0.118. The molecule has 4 heteroatoms. The molecule has 0 N–H and O–H groups in total. The van der Waals surface area contributed by atoms with Gasteiger partial charge in [-0.15, -0.1) is 0 Å². The number of carbonyl (C=O) groups excluding carboxylic acids is 1. The minimum Gasteiger partial charge on any atom is -0.497 e. The summed E-state index contributed by atoms with van der Waals surface area (Å²) in [5, 5.41) is 0. The highest BCUT2D eigenvalue weighted by Gasteiger charge is 2.09. The molecule has 23 heavy (non-hydrogen) atoms. The van der Waals surface area contributed by atoms with E-state index in [1.165, 1.54) is 0 Å². The maximum Gasteiger partial charge on any atom is 0.137 e. The standard InChI is InChI=1S/C19H22O4/c1-21-17-9-4-14(5-10-17)12-16(20)8-6-15-7-11-18(22-2)13-19(15)23-3/h4-5,7,9-11,13H,6,8,12H2,1-3H3. The zero-order valence-corrected chi connectivity index (χ0v) is 13.8. The van der Waals surface area contributed by atoms with Gasteiger partial charge in [0.15, 0.2) is 0 Å². The van der Waals surface area contributed by atoms with Crippen LogP contribution in [0.2, 0.25) is 0 Å². The lowest BCUT2D eigenvalue weighted by Crippen LogP contribution is -2.05. The van der Waals surface area contributed by atoms with E-state index in [2.05, 4.69) is 0 Å². The molecule has 0 bridgehead atoms. The number of methoxy groups -OCH3 is 3. The first-order valence-electron chi connectivity index (χ1n) is 7.51. The zero-order chi connectivity index (χ0) is 16.7. The van der Waals surface area contributed by atoms with Crippen LogP contribution in [0.5, 0.6) is 17.2 Å². The molecule has 0 aromatic heterocycles. The average molecular weight is 314 g/mol. The summed E-state index contributed by atoms with van der Waals surface area (Å²) in [7, 11) is 4.87. The third kappa shape index (κ3) is 4.74. The Balaban J connectivity index is 1.93. The second-order valence-electron chi connectivity index (χ2n) is 5.24. The van der Waals surface area contributed by atoms with Crippen LogP contribution in [0.4, 0.5) is 0 Å². The van der Waals surface area contributed by atoms with Crippen molar-refractivity contribution in [3.63, 3.8) is 0 Å². The molecular weight excluding hydrogens is 292 g/mol. The van der Waals surface area contributed by atoms with E-state index in [1.807, 2.05) is 42.5 Å². The normalized spacial score (nSPS) is 10.2. The molecule has 0 fully saturated rings. The van der Waals surface area contributed by atoms with Crippen molar-refractivity contribution >= 4 is 5.78 Å². The SMILES string of the molecule is COc1ccc(CC(=O)CCc2ccc(OC)cc2OC)cc1. The summed E-state index contributed by atoms with van der Waals surface area (Å²) >= 11 is 0. The molecule has 0 aliphatic carbocycles. The van der Waals surface area contributed by atoms with Gasteiger partial charge in [0.1, 0.15) is 23.0 Å². The van der Waals surface area contributed by atoms with Crippen LogP contribution in [-0.2, 0) is 17.6 Å². The van der Waals surface area contributed by atoms with Gasteiger partial charge in [-0.1, -0.05) is 18.2 Å². The summed E-state index contributed by atoms with van der Waals surface area (Å²) in [6, 6.07) is 13.2. The Morgan fingerprint density at radius 3 is 2.13 bits per heavy atom. The molecule has 2 aromatic carbocycles. The van der Waals surface area contributed by atoms with Crippen molar-refractivity contribution in [3.8, 4) is 17.2 Å². The summed E-state index contributed by atoms with van der Waals surface area (Å²) in [5.74, 6) is 2.49. The molecular formula is C19H22O4. The fraction of sp³-hybridized carbons (Fsp3) is 0.316. The Kier molecular flexibility index (Phi) is 6.03. The molecule has 0 saturated carbocycles. The number of carbonyl (C=O) groups is 1. The van der Waals surface area contributed by atoms with Gasteiger partial charge in [-0.25, -0.2) is 0 Å². The minimum absolute atomic E-state index is 0.202. The van der Waals surface area contributed by atoms with Crippen molar-refractivity contribution in [2.75, 3.05) is 21.3 Å². The smallest absolute Gasteiger partial charge is 0.137 e. The highest BCUT2D eigenvalue weighted by molar-refractivity contribution is 5.81. The number of ketones is 1. The Morgan fingerprint density at radius 1 is 0.870 bits per heavy atom. The van der Waals surface area contributed by atoms with E-state index >= 15 is 0 Å². The molecule has 0 amide bonds. The summed E-state index contributed by atoms with van der Waals surface area (Å²) in [6.45, 7) is 0. The number of hydrogen-bond donors (Lipinski definition) is 0. The Labute approximate surface area is 137 Å². The number of rotatable bonds is 8. The first-order chi connectivity index (χ1) is 11.2. The fourth-order valence-corrected chi connectivity index (χ4v) is 2.39. The molecule has 0 radical (unpaired) electrons. The summed E-state index contributed by atoms with van der Waals surface area (Å²) < 4.78 is 15.7. The van der Waals surface area contributed by atoms with Gasteiger partial charge in [-0.05, 0) is 35.7 Å². The van der Waals surface area contributed by atoms with Crippen molar-refractivity contribution in [3.05, 3.63) is 53.6 Å². The van der Waals surface area contributed by atoms with Gasteiger partial charge in [0.05, 0.1) is 21.3 Å². The van der Waals surface area contributed by atoms with Gasteiger partial charge in [-0.3, -0.25) is 4.79 Å². The molecule has 0 spiro atoms. The van der Waals surface area contributed by atoms with Crippen molar-refractivity contribution < 1.29 is 19.0 Å². The molecule has 0 heterocycles.